The Bertz CT molecular complexity index is 751. The molecule has 1 aromatic carbocycles. The van der Waals surface area contributed by atoms with Crippen LogP contribution in [-0.2, 0) is 0 Å². The van der Waals surface area contributed by atoms with Crippen LogP contribution in [-0.4, -0.2) is 41.1 Å². The van der Waals surface area contributed by atoms with Crippen molar-refractivity contribution in [3.8, 4) is 17.4 Å². The molecule has 1 N–H and O–H groups in total. The van der Waals surface area contributed by atoms with Crippen LogP contribution in [0.1, 0.15) is 25.8 Å². The Hall–Kier alpha value is -2.76. The van der Waals surface area contributed by atoms with Gasteiger partial charge in [-0.1, -0.05) is 25.1 Å². The first kappa shape index (κ1) is 18.0. The minimum absolute atomic E-state index is 0.472. The van der Waals surface area contributed by atoms with Crippen LogP contribution in [0.4, 0.5) is 0 Å². The first-order valence-corrected chi connectivity index (χ1v) is 8.84. The van der Waals surface area contributed by atoms with Gasteiger partial charge in [0.25, 0.3) is 0 Å². The number of oxime groups is 1. The predicted molar refractivity (Wildman–Crippen MR) is 100 cm³/mol. The Morgan fingerprint density at radius 2 is 1.88 bits per heavy atom. The summed E-state index contributed by atoms with van der Waals surface area (Å²) in [6, 6.07) is 11.0. The van der Waals surface area contributed by atoms with Crippen LogP contribution in [0.15, 0.2) is 47.8 Å². The van der Waals surface area contributed by atoms with Crippen molar-refractivity contribution in [1.82, 2.24) is 9.88 Å². The maximum atomic E-state index is 9.54. The van der Waals surface area contributed by atoms with Crippen LogP contribution in [0.2, 0.25) is 0 Å². The average molecular weight is 355 g/mol. The number of amidine groups is 1. The summed E-state index contributed by atoms with van der Waals surface area (Å²) >= 11 is 0. The van der Waals surface area contributed by atoms with Crippen molar-refractivity contribution >= 4 is 5.84 Å². The number of aromatic nitrogens is 1. The molecule has 3 rings (SSSR count). The molecule has 2 atom stereocenters. The molecule has 2 unspecified atom stereocenters. The van der Waals surface area contributed by atoms with Gasteiger partial charge < -0.3 is 19.6 Å². The highest BCUT2D eigenvalue weighted by Gasteiger charge is 2.25. The Kier molecular flexibility index (Phi) is 5.61. The predicted octanol–water partition coefficient (Wildman–Crippen LogP) is 4.00. The van der Waals surface area contributed by atoms with Gasteiger partial charge in [-0.3, -0.25) is 0 Å². The van der Waals surface area contributed by atoms with E-state index in [1.165, 1.54) is 6.42 Å². The van der Waals surface area contributed by atoms with Crippen LogP contribution >= 0.6 is 0 Å². The number of ether oxygens (including phenoxy) is 2. The number of nitrogens with zero attached hydrogens (tertiary/aromatic N) is 3. The lowest BCUT2D eigenvalue weighted by atomic mass is 9.91. The summed E-state index contributed by atoms with van der Waals surface area (Å²) in [4.78, 5) is 6.47. The maximum absolute atomic E-state index is 9.54. The van der Waals surface area contributed by atoms with E-state index in [1.54, 1.807) is 25.4 Å². The molecule has 0 amide bonds. The van der Waals surface area contributed by atoms with Gasteiger partial charge in [-0.2, -0.15) is 0 Å². The first-order valence-electron chi connectivity index (χ1n) is 8.84. The Morgan fingerprint density at radius 1 is 1.15 bits per heavy atom. The summed E-state index contributed by atoms with van der Waals surface area (Å²) in [6.07, 6.45) is 2.87. The fraction of sp³-hybridized carbons (Fsp3) is 0.400. The summed E-state index contributed by atoms with van der Waals surface area (Å²) in [5.74, 6) is 3.54. The van der Waals surface area contributed by atoms with Crippen molar-refractivity contribution in [1.29, 1.82) is 0 Å². The van der Waals surface area contributed by atoms with Crippen molar-refractivity contribution in [2.24, 2.45) is 17.0 Å². The lowest BCUT2D eigenvalue weighted by Crippen LogP contribution is -2.43. The van der Waals surface area contributed by atoms with Crippen LogP contribution in [0, 0.1) is 11.8 Å². The van der Waals surface area contributed by atoms with E-state index < -0.39 is 0 Å². The Labute approximate surface area is 154 Å². The number of hydrogen-bond donors (Lipinski definition) is 1. The van der Waals surface area contributed by atoms with Crippen LogP contribution in [0.25, 0.3) is 0 Å². The van der Waals surface area contributed by atoms with E-state index in [0.29, 0.717) is 29.3 Å². The average Bonchev–Trinajstić information content (AvgIpc) is 2.63. The molecule has 26 heavy (non-hydrogen) atoms. The summed E-state index contributed by atoms with van der Waals surface area (Å²) in [7, 11) is 1.62. The number of hydrogen-bond acceptors (Lipinski definition) is 5. The third kappa shape index (κ3) is 4.25. The van der Waals surface area contributed by atoms with E-state index in [9.17, 15) is 5.21 Å². The number of pyridine rings is 1. The van der Waals surface area contributed by atoms with E-state index in [-0.39, 0.29) is 0 Å². The number of benzene rings is 1. The maximum Gasteiger partial charge on any atom is 0.219 e. The zero-order chi connectivity index (χ0) is 18.5. The highest BCUT2D eigenvalue weighted by atomic mass is 16.5. The first-order chi connectivity index (χ1) is 12.6. The zero-order valence-corrected chi connectivity index (χ0v) is 15.4. The largest absolute Gasteiger partial charge is 0.497 e. The highest BCUT2D eigenvalue weighted by molar-refractivity contribution is 5.98. The molecule has 0 spiro atoms. The molecule has 1 aliphatic heterocycles. The second-order valence-electron chi connectivity index (χ2n) is 6.94. The van der Waals surface area contributed by atoms with Gasteiger partial charge in [0.1, 0.15) is 11.5 Å². The second kappa shape index (κ2) is 8.08. The van der Waals surface area contributed by atoms with Crippen LogP contribution in [0.5, 0.6) is 17.4 Å². The summed E-state index contributed by atoms with van der Waals surface area (Å²) in [6.45, 7) is 6.21. The summed E-state index contributed by atoms with van der Waals surface area (Å²) in [5.41, 5.74) is 0.770. The van der Waals surface area contributed by atoms with Gasteiger partial charge in [0.2, 0.25) is 5.88 Å². The van der Waals surface area contributed by atoms with Crippen molar-refractivity contribution in [2.45, 2.75) is 20.3 Å². The van der Waals surface area contributed by atoms with Gasteiger partial charge in [0.15, 0.2) is 5.84 Å². The molecule has 1 saturated heterocycles. The van der Waals surface area contributed by atoms with Gasteiger partial charge in [-0.25, -0.2) is 4.98 Å². The van der Waals surface area contributed by atoms with Gasteiger partial charge in [-0.05, 0) is 36.5 Å². The Balaban J connectivity index is 1.73. The smallest absolute Gasteiger partial charge is 0.219 e. The minimum Gasteiger partial charge on any atom is -0.497 e. The van der Waals surface area contributed by atoms with Crippen molar-refractivity contribution in [3.05, 3.63) is 48.2 Å². The molecule has 1 aliphatic rings. The minimum atomic E-state index is 0.472. The molecular formula is C20H25N3O3. The quantitative estimate of drug-likeness (QED) is 0.389. The Morgan fingerprint density at radius 3 is 2.50 bits per heavy atom. The number of likely N-dealkylation sites (tertiary alicyclic amines) is 1. The molecule has 1 aromatic heterocycles. The molecule has 0 radical (unpaired) electrons. The standard InChI is InChI=1S/C20H25N3O3/c1-14-9-15(2)13-23(12-14)20(22-24)16-7-8-19(21-11-16)26-18-6-4-5-17(10-18)25-3/h4-8,10-11,14-15,24H,9,12-13H2,1-3H3/b22-20-. The molecule has 138 valence electrons. The van der Waals surface area contributed by atoms with Crippen molar-refractivity contribution < 1.29 is 14.7 Å². The van der Waals surface area contributed by atoms with Gasteiger partial charge in [-0.15, -0.1) is 0 Å². The molecule has 1 fully saturated rings. The van der Waals surface area contributed by atoms with E-state index in [4.69, 9.17) is 9.47 Å². The van der Waals surface area contributed by atoms with E-state index in [2.05, 4.69) is 28.9 Å². The number of piperidine rings is 1. The van der Waals surface area contributed by atoms with E-state index >= 15 is 0 Å². The molecule has 2 aromatic rings. The molecule has 0 aliphatic carbocycles. The number of rotatable bonds is 4. The molecule has 0 saturated carbocycles. The SMILES string of the molecule is COc1cccc(Oc2ccc(/C(=N/O)N3CC(C)CC(C)C3)cn2)c1. The molecule has 0 bridgehead atoms. The lowest BCUT2D eigenvalue weighted by molar-refractivity contribution is 0.204. The van der Waals surface area contributed by atoms with E-state index in [0.717, 1.165) is 24.4 Å². The van der Waals surface area contributed by atoms with Gasteiger partial charge in [0.05, 0.1) is 7.11 Å². The van der Waals surface area contributed by atoms with Crippen molar-refractivity contribution in [3.63, 3.8) is 0 Å². The summed E-state index contributed by atoms with van der Waals surface area (Å²) < 4.78 is 11.0. The fourth-order valence-corrected chi connectivity index (χ4v) is 3.50. The fourth-order valence-electron chi connectivity index (χ4n) is 3.50. The zero-order valence-electron chi connectivity index (χ0n) is 15.4. The van der Waals surface area contributed by atoms with Crippen LogP contribution in [0.3, 0.4) is 0 Å². The molecule has 6 nitrogen and oxygen atoms in total. The normalized spacial score (nSPS) is 20.7. The monoisotopic (exact) mass is 355 g/mol. The van der Waals surface area contributed by atoms with Crippen LogP contribution < -0.4 is 9.47 Å². The lowest BCUT2D eigenvalue weighted by Gasteiger charge is -2.36. The second-order valence-corrected chi connectivity index (χ2v) is 6.94. The third-order valence-electron chi connectivity index (χ3n) is 4.52. The molecule has 6 heteroatoms. The highest BCUT2D eigenvalue weighted by Crippen LogP contribution is 2.25. The van der Waals surface area contributed by atoms with E-state index in [1.807, 2.05) is 24.3 Å². The topological polar surface area (TPSA) is 67.2 Å². The van der Waals surface area contributed by atoms with Gasteiger partial charge >= 0.3 is 0 Å². The van der Waals surface area contributed by atoms with Gasteiger partial charge in [0, 0.05) is 37.0 Å². The molecular weight excluding hydrogens is 330 g/mol. The third-order valence-corrected chi connectivity index (χ3v) is 4.52. The number of methoxy groups -OCH3 is 1. The molecule has 2 heterocycles. The van der Waals surface area contributed by atoms with Crippen molar-refractivity contribution in [2.75, 3.05) is 20.2 Å². The summed E-state index contributed by atoms with van der Waals surface area (Å²) in [5, 5.41) is 13.1.